The molecule has 7 nitrogen and oxygen atoms in total. The Morgan fingerprint density at radius 2 is 2.00 bits per heavy atom. The van der Waals surface area contributed by atoms with Crippen LogP contribution in [0.25, 0.3) is 11.3 Å². The summed E-state index contributed by atoms with van der Waals surface area (Å²) in [6.45, 7) is 6.50. The van der Waals surface area contributed by atoms with Crippen molar-refractivity contribution in [3.63, 3.8) is 0 Å². The first-order chi connectivity index (χ1) is 14.0. The van der Waals surface area contributed by atoms with E-state index in [1.807, 2.05) is 51.1 Å². The van der Waals surface area contributed by atoms with Crippen LogP contribution in [0.1, 0.15) is 54.8 Å². The van der Waals surface area contributed by atoms with Crippen LogP contribution in [-0.2, 0) is 6.54 Å². The van der Waals surface area contributed by atoms with Gasteiger partial charge < -0.3 is 20.6 Å². The Balaban J connectivity index is 2.13. The third-order valence-corrected chi connectivity index (χ3v) is 4.89. The maximum atomic E-state index is 12.8. The number of benzene rings is 1. The van der Waals surface area contributed by atoms with Gasteiger partial charge in [0, 0.05) is 36.9 Å². The van der Waals surface area contributed by atoms with Crippen LogP contribution >= 0.6 is 0 Å². The average Bonchev–Trinajstić information content (AvgIpc) is 3.06. The molecule has 3 N–H and O–H groups in total. The van der Waals surface area contributed by atoms with Crippen molar-refractivity contribution < 1.29 is 14.7 Å². The SMILES string of the molecule is CCNC(=O)c1cc2c(c(-c3ccccc3)n1)[C@@H](CCO)N(C(=O)NC(C)C)C2. The minimum atomic E-state index is -0.306. The van der Waals surface area contributed by atoms with Crippen molar-refractivity contribution in [2.24, 2.45) is 0 Å². The molecule has 0 unspecified atom stereocenters. The van der Waals surface area contributed by atoms with Crippen molar-refractivity contribution in [1.82, 2.24) is 20.5 Å². The number of urea groups is 1. The monoisotopic (exact) mass is 396 g/mol. The minimum Gasteiger partial charge on any atom is -0.396 e. The summed E-state index contributed by atoms with van der Waals surface area (Å²) in [4.78, 5) is 31.7. The number of nitrogens with one attached hydrogen (secondary N) is 2. The van der Waals surface area contributed by atoms with E-state index in [9.17, 15) is 14.7 Å². The number of fused-ring (bicyclic) bond motifs is 1. The van der Waals surface area contributed by atoms with Gasteiger partial charge in [0.05, 0.1) is 11.7 Å². The zero-order valence-corrected chi connectivity index (χ0v) is 17.1. The van der Waals surface area contributed by atoms with E-state index in [-0.39, 0.29) is 30.6 Å². The maximum Gasteiger partial charge on any atom is 0.318 e. The van der Waals surface area contributed by atoms with Gasteiger partial charge in [0.1, 0.15) is 5.69 Å². The number of rotatable bonds is 6. The highest BCUT2D eigenvalue weighted by Gasteiger charge is 2.37. The van der Waals surface area contributed by atoms with Gasteiger partial charge in [-0.05, 0) is 38.8 Å². The average molecular weight is 396 g/mol. The number of carbonyl (C=O) groups excluding carboxylic acids is 2. The van der Waals surface area contributed by atoms with Crippen molar-refractivity contribution in [1.29, 1.82) is 0 Å². The molecule has 29 heavy (non-hydrogen) atoms. The van der Waals surface area contributed by atoms with E-state index in [2.05, 4.69) is 15.6 Å². The molecule has 0 spiro atoms. The number of nitrogens with zero attached hydrogens (tertiary/aromatic N) is 2. The Kier molecular flexibility index (Phi) is 6.49. The molecule has 0 saturated carbocycles. The van der Waals surface area contributed by atoms with Gasteiger partial charge in [-0.2, -0.15) is 0 Å². The van der Waals surface area contributed by atoms with E-state index in [0.717, 1.165) is 16.7 Å². The van der Waals surface area contributed by atoms with Crippen molar-refractivity contribution in [3.8, 4) is 11.3 Å². The third kappa shape index (κ3) is 4.40. The predicted molar refractivity (Wildman–Crippen MR) is 111 cm³/mol. The van der Waals surface area contributed by atoms with Crippen molar-refractivity contribution >= 4 is 11.9 Å². The third-order valence-electron chi connectivity index (χ3n) is 4.89. The molecule has 7 heteroatoms. The molecule has 0 aliphatic carbocycles. The molecule has 0 bridgehead atoms. The Labute approximate surface area is 171 Å². The molecular weight excluding hydrogens is 368 g/mol. The van der Waals surface area contributed by atoms with E-state index in [1.54, 1.807) is 11.0 Å². The van der Waals surface area contributed by atoms with E-state index in [0.29, 0.717) is 30.9 Å². The van der Waals surface area contributed by atoms with Crippen molar-refractivity contribution in [2.45, 2.75) is 45.8 Å². The van der Waals surface area contributed by atoms with Gasteiger partial charge in [-0.15, -0.1) is 0 Å². The molecule has 1 aromatic carbocycles. The van der Waals surface area contributed by atoms with Gasteiger partial charge in [0.25, 0.3) is 5.91 Å². The summed E-state index contributed by atoms with van der Waals surface area (Å²) in [5.74, 6) is -0.240. The highest BCUT2D eigenvalue weighted by molar-refractivity contribution is 5.93. The van der Waals surface area contributed by atoms with Gasteiger partial charge in [0.2, 0.25) is 0 Å². The largest absolute Gasteiger partial charge is 0.396 e. The van der Waals surface area contributed by atoms with Crippen LogP contribution in [0, 0.1) is 0 Å². The van der Waals surface area contributed by atoms with Gasteiger partial charge in [0.15, 0.2) is 0 Å². The Morgan fingerprint density at radius 1 is 1.28 bits per heavy atom. The van der Waals surface area contributed by atoms with Crippen LogP contribution in [0.2, 0.25) is 0 Å². The molecule has 154 valence electrons. The minimum absolute atomic E-state index is 0.00130. The van der Waals surface area contributed by atoms with Crippen LogP contribution in [-0.4, -0.2) is 46.1 Å². The summed E-state index contributed by atoms with van der Waals surface area (Å²) in [7, 11) is 0. The van der Waals surface area contributed by atoms with E-state index in [1.165, 1.54) is 0 Å². The normalized spacial score (nSPS) is 15.3. The Morgan fingerprint density at radius 3 is 2.62 bits per heavy atom. The fourth-order valence-electron chi connectivity index (χ4n) is 3.71. The highest BCUT2D eigenvalue weighted by atomic mass is 16.3. The molecule has 3 rings (SSSR count). The highest BCUT2D eigenvalue weighted by Crippen LogP contribution is 2.41. The maximum absolute atomic E-state index is 12.8. The van der Waals surface area contributed by atoms with Crippen LogP contribution in [0.15, 0.2) is 36.4 Å². The predicted octanol–water partition coefficient (Wildman–Crippen LogP) is 2.86. The molecule has 2 aromatic rings. The number of aliphatic hydroxyl groups is 1. The van der Waals surface area contributed by atoms with E-state index in [4.69, 9.17) is 0 Å². The summed E-state index contributed by atoms with van der Waals surface area (Å²) < 4.78 is 0. The number of hydrogen-bond acceptors (Lipinski definition) is 4. The van der Waals surface area contributed by atoms with Gasteiger partial charge in [-0.25, -0.2) is 9.78 Å². The number of hydrogen-bond donors (Lipinski definition) is 3. The lowest BCUT2D eigenvalue weighted by Crippen LogP contribution is -2.42. The van der Waals surface area contributed by atoms with Gasteiger partial charge >= 0.3 is 6.03 Å². The molecule has 1 aliphatic heterocycles. The van der Waals surface area contributed by atoms with Gasteiger partial charge in [-0.3, -0.25) is 4.79 Å². The zero-order valence-electron chi connectivity index (χ0n) is 17.1. The molecule has 0 radical (unpaired) electrons. The second-order valence-electron chi connectivity index (χ2n) is 7.41. The second kappa shape index (κ2) is 9.05. The van der Waals surface area contributed by atoms with Crippen LogP contribution in [0.3, 0.4) is 0 Å². The Hall–Kier alpha value is -2.93. The zero-order chi connectivity index (χ0) is 21.0. The second-order valence-corrected chi connectivity index (χ2v) is 7.41. The van der Waals surface area contributed by atoms with Crippen LogP contribution in [0.5, 0.6) is 0 Å². The van der Waals surface area contributed by atoms with Crippen LogP contribution in [0.4, 0.5) is 4.79 Å². The topological polar surface area (TPSA) is 94.6 Å². The fourth-order valence-corrected chi connectivity index (χ4v) is 3.71. The quantitative estimate of drug-likeness (QED) is 0.700. The lowest BCUT2D eigenvalue weighted by atomic mass is 9.95. The molecule has 0 fully saturated rings. The summed E-state index contributed by atoms with van der Waals surface area (Å²) in [5, 5.41) is 15.4. The smallest absolute Gasteiger partial charge is 0.318 e. The number of aromatic nitrogens is 1. The standard InChI is InChI=1S/C22H28N4O3/c1-4-23-21(28)17-12-16-13-26(22(29)24-14(2)3)18(10-11-27)19(16)20(25-17)15-8-6-5-7-9-15/h5-9,12,14,18,27H,4,10-11,13H2,1-3H3,(H,23,28)(H,24,29)/t18-/m1/s1. The van der Waals surface area contributed by atoms with Crippen molar-refractivity contribution in [2.75, 3.05) is 13.2 Å². The van der Waals surface area contributed by atoms with Crippen molar-refractivity contribution in [3.05, 3.63) is 53.2 Å². The summed E-state index contributed by atoms with van der Waals surface area (Å²) >= 11 is 0. The summed E-state index contributed by atoms with van der Waals surface area (Å²) in [6.07, 6.45) is 0.403. The summed E-state index contributed by atoms with van der Waals surface area (Å²) in [6, 6.07) is 10.9. The molecular formula is C22H28N4O3. The number of amides is 3. The first-order valence-electron chi connectivity index (χ1n) is 10.0. The molecule has 0 saturated heterocycles. The molecule has 2 heterocycles. The lowest BCUT2D eigenvalue weighted by molar-refractivity contribution is 0.0951. The molecule has 1 atom stereocenters. The number of pyridine rings is 1. The fraction of sp³-hybridized carbons (Fsp3) is 0.409. The summed E-state index contributed by atoms with van der Waals surface area (Å²) in [5.41, 5.74) is 3.68. The number of aliphatic hydroxyl groups excluding tert-OH is 1. The molecule has 1 aliphatic rings. The molecule has 1 aromatic heterocycles. The molecule has 3 amide bonds. The van der Waals surface area contributed by atoms with Gasteiger partial charge in [-0.1, -0.05) is 30.3 Å². The van der Waals surface area contributed by atoms with E-state index >= 15 is 0 Å². The first kappa shape index (κ1) is 20.8. The first-order valence-corrected chi connectivity index (χ1v) is 10.0. The van der Waals surface area contributed by atoms with E-state index < -0.39 is 0 Å². The lowest BCUT2D eigenvalue weighted by Gasteiger charge is -2.26. The number of carbonyl (C=O) groups is 2. The van der Waals surface area contributed by atoms with Crippen LogP contribution < -0.4 is 10.6 Å². The Bertz CT molecular complexity index is 883.